The van der Waals surface area contributed by atoms with Gasteiger partial charge in [0.15, 0.2) is 0 Å². The molecule has 2 heterocycles. The Bertz CT molecular complexity index is 479. The van der Waals surface area contributed by atoms with Crippen LogP contribution < -0.4 is 0 Å². The zero-order valence-electron chi connectivity index (χ0n) is 10.4. The second-order valence-corrected chi connectivity index (χ2v) is 4.61. The summed E-state index contributed by atoms with van der Waals surface area (Å²) in [6.07, 6.45) is 6.72. The molecule has 0 aliphatic carbocycles. The molecular weight excluding hydrogens is 384 g/mol. The molecular formula is C10H10BBrCl2N5S. The van der Waals surface area contributed by atoms with Crippen LogP contribution >= 0.6 is 51.9 Å². The van der Waals surface area contributed by atoms with Gasteiger partial charge in [0.2, 0.25) is 10.6 Å². The normalized spacial score (nSPS) is 8.60. The molecule has 105 valence electrons. The van der Waals surface area contributed by atoms with Crippen LogP contribution in [0.1, 0.15) is 11.1 Å². The van der Waals surface area contributed by atoms with Gasteiger partial charge in [0.05, 0.1) is 0 Å². The molecule has 2 aromatic rings. The molecule has 0 bridgehead atoms. The monoisotopic (exact) mass is 392 g/mol. The van der Waals surface area contributed by atoms with E-state index in [2.05, 4.69) is 60.6 Å². The van der Waals surface area contributed by atoms with Crippen LogP contribution in [0.3, 0.4) is 0 Å². The number of halogens is 3. The molecule has 2 rings (SSSR count). The summed E-state index contributed by atoms with van der Waals surface area (Å²) in [6.45, 7) is 1.91. The first kappa shape index (κ1) is 19.4. The molecule has 0 saturated heterocycles. The molecule has 0 fully saturated rings. The van der Waals surface area contributed by atoms with Gasteiger partial charge in [-0.25, -0.2) is 19.9 Å². The summed E-state index contributed by atoms with van der Waals surface area (Å²) < 4.78 is 2.69. The van der Waals surface area contributed by atoms with Crippen LogP contribution in [-0.4, -0.2) is 27.6 Å². The quantitative estimate of drug-likeness (QED) is 0.347. The van der Waals surface area contributed by atoms with Crippen LogP contribution in [0.2, 0.25) is 10.6 Å². The van der Waals surface area contributed by atoms with Gasteiger partial charge in [0.1, 0.15) is 0 Å². The minimum absolute atomic E-state index is 0.291. The SMILES string of the molecule is Cc1cnc(Cl)nc1.Clc1ncc(CBr)cn1.[B]=NS. The van der Waals surface area contributed by atoms with E-state index < -0.39 is 0 Å². The first-order valence-electron chi connectivity index (χ1n) is 5.04. The number of aromatic nitrogens is 4. The van der Waals surface area contributed by atoms with Crippen molar-refractivity contribution in [3.05, 3.63) is 46.5 Å². The van der Waals surface area contributed by atoms with E-state index in [4.69, 9.17) is 23.2 Å². The summed E-state index contributed by atoms with van der Waals surface area (Å²) in [7, 11) is 4.34. The van der Waals surface area contributed by atoms with E-state index in [9.17, 15) is 0 Å². The molecule has 0 aromatic carbocycles. The number of alkyl halides is 1. The predicted octanol–water partition coefficient (Wildman–Crippen LogP) is 3.65. The topological polar surface area (TPSA) is 63.9 Å². The van der Waals surface area contributed by atoms with E-state index in [0.29, 0.717) is 10.6 Å². The second kappa shape index (κ2) is 12.2. The molecule has 0 aliphatic heterocycles. The Hall–Kier alpha value is -0.565. The minimum atomic E-state index is 0.291. The van der Waals surface area contributed by atoms with E-state index in [1.807, 2.05) is 6.92 Å². The van der Waals surface area contributed by atoms with Crippen LogP contribution in [0, 0.1) is 6.92 Å². The average Bonchev–Trinajstić information content (AvgIpc) is 2.45. The van der Waals surface area contributed by atoms with Crippen LogP contribution in [0.5, 0.6) is 0 Å². The van der Waals surface area contributed by atoms with Gasteiger partial charge >= 0.3 is 24.8 Å². The maximum absolute atomic E-state index is 5.43. The first-order valence-corrected chi connectivity index (χ1v) is 7.32. The van der Waals surface area contributed by atoms with Crippen LogP contribution in [0.4, 0.5) is 0 Å². The van der Waals surface area contributed by atoms with E-state index in [0.717, 1.165) is 16.5 Å². The van der Waals surface area contributed by atoms with E-state index in [1.54, 1.807) is 24.8 Å². The maximum atomic E-state index is 5.43. The van der Waals surface area contributed by atoms with Crippen molar-refractivity contribution in [2.24, 2.45) is 4.30 Å². The van der Waals surface area contributed by atoms with Gasteiger partial charge in [-0.05, 0) is 41.3 Å². The van der Waals surface area contributed by atoms with Crippen molar-refractivity contribution in [1.82, 2.24) is 19.9 Å². The first-order chi connectivity index (χ1) is 9.53. The molecule has 0 N–H and O–H groups in total. The van der Waals surface area contributed by atoms with Gasteiger partial charge in [-0.2, -0.15) is 0 Å². The Labute approximate surface area is 142 Å². The van der Waals surface area contributed by atoms with Gasteiger partial charge in [0, 0.05) is 30.1 Å². The molecule has 0 atom stereocenters. The predicted molar refractivity (Wildman–Crippen MR) is 88.6 cm³/mol. The zero-order valence-corrected chi connectivity index (χ0v) is 14.4. The summed E-state index contributed by atoms with van der Waals surface area (Å²) in [5.74, 6) is 0. The van der Waals surface area contributed by atoms with Crippen LogP contribution in [-0.2, 0) is 5.33 Å². The Morgan fingerprint density at radius 2 is 1.45 bits per heavy atom. The molecule has 20 heavy (non-hydrogen) atoms. The van der Waals surface area contributed by atoms with E-state index in [1.165, 1.54) is 0 Å². The molecule has 5 nitrogen and oxygen atoms in total. The third kappa shape index (κ3) is 10.2. The summed E-state index contributed by atoms with van der Waals surface area (Å²) >= 11 is 17.3. The molecule has 0 unspecified atom stereocenters. The van der Waals surface area contributed by atoms with E-state index >= 15 is 0 Å². The molecule has 0 saturated carbocycles. The number of thiol groups is 1. The van der Waals surface area contributed by atoms with Gasteiger partial charge in [0.25, 0.3) is 0 Å². The van der Waals surface area contributed by atoms with Crippen LogP contribution in [0.15, 0.2) is 29.1 Å². The van der Waals surface area contributed by atoms with Crippen molar-refractivity contribution in [3.8, 4) is 0 Å². The van der Waals surface area contributed by atoms with Crippen molar-refractivity contribution < 1.29 is 0 Å². The second-order valence-electron chi connectivity index (χ2n) is 3.14. The molecule has 0 aliphatic rings. The molecule has 0 amide bonds. The fourth-order valence-corrected chi connectivity index (χ4v) is 1.27. The number of hydrogen-bond acceptors (Lipinski definition) is 6. The Morgan fingerprint density at radius 3 is 1.75 bits per heavy atom. The van der Waals surface area contributed by atoms with Crippen molar-refractivity contribution in [2.45, 2.75) is 12.3 Å². The Balaban J connectivity index is 0.000000304. The summed E-state index contributed by atoms with van der Waals surface area (Å²) in [5.41, 5.74) is 2.05. The van der Waals surface area contributed by atoms with Crippen LogP contribution in [0.25, 0.3) is 0 Å². The molecule has 1 radical (unpaired) electrons. The van der Waals surface area contributed by atoms with Gasteiger partial charge in [-0.1, -0.05) is 15.9 Å². The Kier molecular flexibility index (Phi) is 11.9. The average molecular weight is 394 g/mol. The fourth-order valence-electron chi connectivity index (χ4n) is 0.785. The van der Waals surface area contributed by atoms with Crippen molar-refractivity contribution in [1.29, 1.82) is 0 Å². The molecule has 0 spiro atoms. The van der Waals surface area contributed by atoms with Crippen molar-refractivity contribution >= 4 is 59.6 Å². The van der Waals surface area contributed by atoms with Gasteiger partial charge in [-0.15, -0.1) is 0 Å². The number of rotatable bonds is 1. The van der Waals surface area contributed by atoms with Crippen molar-refractivity contribution in [3.63, 3.8) is 0 Å². The van der Waals surface area contributed by atoms with E-state index in [-0.39, 0.29) is 0 Å². The summed E-state index contributed by atoms with van der Waals surface area (Å²) in [6, 6.07) is 0. The standard InChI is InChI=1S/C5H4BrClN2.C5H5ClN2.BHNS/c6-1-4-2-8-5(7)9-3-4;1-4-2-7-5(6)8-3-4;1-2-3/h2-3H,1H2;2-3H,1H3;3H. The summed E-state index contributed by atoms with van der Waals surface area (Å²) in [5, 5.41) is 1.36. The van der Waals surface area contributed by atoms with Crippen molar-refractivity contribution in [2.75, 3.05) is 0 Å². The third-order valence-corrected chi connectivity index (χ3v) is 2.62. The number of aryl methyl sites for hydroxylation is 1. The Morgan fingerprint density at radius 1 is 1.10 bits per heavy atom. The third-order valence-electron chi connectivity index (χ3n) is 1.58. The van der Waals surface area contributed by atoms with Gasteiger partial charge in [-0.3, -0.25) is 0 Å². The molecule has 10 heteroatoms. The zero-order chi connectivity index (χ0) is 15.4. The molecule has 2 aromatic heterocycles. The summed E-state index contributed by atoms with van der Waals surface area (Å²) in [4.78, 5) is 15.0. The number of nitrogens with zero attached hydrogens (tertiary/aromatic N) is 5. The van der Waals surface area contributed by atoms with Gasteiger partial charge < -0.3 is 0 Å². The fraction of sp³-hybridized carbons (Fsp3) is 0.200. The number of hydrogen-bond donors (Lipinski definition) is 1.